The summed E-state index contributed by atoms with van der Waals surface area (Å²) in [5, 5.41) is 4.23. The Morgan fingerprint density at radius 2 is 2.27 bits per heavy atom. The summed E-state index contributed by atoms with van der Waals surface area (Å²) in [6.45, 7) is 2.86. The molecule has 1 aromatic rings. The van der Waals surface area contributed by atoms with Gasteiger partial charge in [0.2, 0.25) is 0 Å². The van der Waals surface area contributed by atoms with Crippen LogP contribution in [0.15, 0.2) is 6.20 Å². The lowest BCUT2D eigenvalue weighted by Crippen LogP contribution is -2.22. The summed E-state index contributed by atoms with van der Waals surface area (Å²) >= 11 is 0. The largest absolute Gasteiger partial charge is 0.270 e. The highest BCUT2D eigenvalue weighted by atomic mass is 19.3. The van der Waals surface area contributed by atoms with E-state index in [-0.39, 0.29) is 6.42 Å². The van der Waals surface area contributed by atoms with Gasteiger partial charge >= 0.3 is 0 Å². The van der Waals surface area contributed by atoms with Gasteiger partial charge in [-0.1, -0.05) is 0 Å². The SMILES string of the molecule is CCn1ncc2c1CCC1(C2)CC1(F)F. The molecule has 82 valence electrons. The van der Waals surface area contributed by atoms with Crippen molar-refractivity contribution < 1.29 is 8.78 Å². The third-order valence-electron chi connectivity index (χ3n) is 3.92. The van der Waals surface area contributed by atoms with E-state index in [0.29, 0.717) is 12.8 Å². The van der Waals surface area contributed by atoms with Crippen LogP contribution in [0.1, 0.15) is 31.0 Å². The lowest BCUT2D eigenvalue weighted by atomic mass is 9.84. The number of rotatable bonds is 1. The summed E-state index contributed by atoms with van der Waals surface area (Å²) in [6, 6.07) is 0. The summed E-state index contributed by atoms with van der Waals surface area (Å²) < 4.78 is 28.4. The molecule has 0 bridgehead atoms. The van der Waals surface area contributed by atoms with Gasteiger partial charge in [0.25, 0.3) is 5.92 Å². The van der Waals surface area contributed by atoms with Gasteiger partial charge in [0.05, 0.1) is 6.20 Å². The van der Waals surface area contributed by atoms with Gasteiger partial charge in [-0.3, -0.25) is 4.68 Å². The Bertz CT molecular complexity index is 411. The Morgan fingerprint density at radius 1 is 1.53 bits per heavy atom. The highest BCUT2D eigenvalue weighted by Crippen LogP contribution is 2.66. The maximum absolute atomic E-state index is 13.2. The molecule has 1 aromatic heterocycles. The summed E-state index contributed by atoms with van der Waals surface area (Å²) in [5.74, 6) is -2.42. The summed E-state index contributed by atoms with van der Waals surface area (Å²) in [6.07, 6.45) is 3.76. The van der Waals surface area contributed by atoms with Gasteiger partial charge < -0.3 is 0 Å². The molecule has 4 heteroatoms. The number of nitrogens with zero attached hydrogens (tertiary/aromatic N) is 2. The van der Waals surface area contributed by atoms with E-state index >= 15 is 0 Å². The predicted molar refractivity (Wildman–Crippen MR) is 51.9 cm³/mol. The van der Waals surface area contributed by atoms with Gasteiger partial charge in [-0.2, -0.15) is 5.10 Å². The van der Waals surface area contributed by atoms with Crippen LogP contribution >= 0.6 is 0 Å². The Labute approximate surface area is 87.3 Å². The monoisotopic (exact) mass is 212 g/mol. The minimum absolute atomic E-state index is 0.0801. The highest BCUT2D eigenvalue weighted by Gasteiger charge is 2.70. The van der Waals surface area contributed by atoms with Crippen molar-refractivity contribution in [2.45, 2.75) is 45.1 Å². The van der Waals surface area contributed by atoms with Crippen LogP contribution < -0.4 is 0 Å². The average molecular weight is 212 g/mol. The molecule has 0 saturated heterocycles. The average Bonchev–Trinajstić information content (AvgIpc) is 2.59. The van der Waals surface area contributed by atoms with E-state index in [4.69, 9.17) is 0 Å². The zero-order chi connectivity index (χ0) is 10.7. The minimum Gasteiger partial charge on any atom is -0.270 e. The molecule has 1 heterocycles. The van der Waals surface area contributed by atoms with Gasteiger partial charge in [0.1, 0.15) is 0 Å². The van der Waals surface area contributed by atoms with Crippen LogP contribution in [-0.2, 0) is 19.4 Å². The first-order chi connectivity index (χ1) is 7.08. The molecule has 2 aliphatic carbocycles. The van der Waals surface area contributed by atoms with Crippen molar-refractivity contribution in [2.24, 2.45) is 5.41 Å². The van der Waals surface area contributed by atoms with Crippen molar-refractivity contribution in [2.75, 3.05) is 0 Å². The van der Waals surface area contributed by atoms with Crippen LogP contribution in [0.4, 0.5) is 8.78 Å². The fraction of sp³-hybridized carbons (Fsp3) is 0.727. The summed E-state index contributed by atoms with van der Waals surface area (Å²) in [4.78, 5) is 0. The zero-order valence-electron chi connectivity index (χ0n) is 8.76. The molecule has 0 aliphatic heterocycles. The summed E-state index contributed by atoms with van der Waals surface area (Å²) in [5.41, 5.74) is 1.51. The van der Waals surface area contributed by atoms with Gasteiger partial charge in [0, 0.05) is 24.1 Å². The Balaban J connectivity index is 1.92. The second-order valence-electron chi connectivity index (χ2n) is 4.77. The van der Waals surface area contributed by atoms with Gasteiger partial charge in [-0.25, -0.2) is 8.78 Å². The first-order valence-electron chi connectivity index (χ1n) is 5.49. The van der Waals surface area contributed by atoms with Crippen molar-refractivity contribution >= 4 is 0 Å². The maximum Gasteiger partial charge on any atom is 0.254 e. The van der Waals surface area contributed by atoms with E-state index in [0.717, 1.165) is 18.5 Å². The molecule has 1 fully saturated rings. The number of alkyl halides is 2. The smallest absolute Gasteiger partial charge is 0.254 e. The van der Waals surface area contributed by atoms with Crippen molar-refractivity contribution in [1.29, 1.82) is 0 Å². The first kappa shape index (κ1) is 9.31. The second kappa shape index (κ2) is 2.60. The lowest BCUT2D eigenvalue weighted by molar-refractivity contribution is 0.0577. The van der Waals surface area contributed by atoms with Crippen LogP contribution in [0.3, 0.4) is 0 Å². The van der Waals surface area contributed by atoms with Gasteiger partial charge in [-0.05, 0) is 31.7 Å². The van der Waals surface area contributed by atoms with Crippen LogP contribution in [0.5, 0.6) is 0 Å². The van der Waals surface area contributed by atoms with Crippen LogP contribution in [0.2, 0.25) is 0 Å². The molecule has 1 saturated carbocycles. The fourth-order valence-corrected chi connectivity index (χ4v) is 2.81. The molecule has 2 nitrogen and oxygen atoms in total. The quantitative estimate of drug-likeness (QED) is 0.699. The van der Waals surface area contributed by atoms with E-state index in [9.17, 15) is 8.78 Å². The molecule has 15 heavy (non-hydrogen) atoms. The topological polar surface area (TPSA) is 17.8 Å². The molecule has 0 N–H and O–H groups in total. The first-order valence-corrected chi connectivity index (χ1v) is 5.49. The molecule has 1 atom stereocenters. The van der Waals surface area contributed by atoms with E-state index in [2.05, 4.69) is 5.10 Å². The number of fused-ring (bicyclic) bond motifs is 1. The zero-order valence-corrected chi connectivity index (χ0v) is 8.76. The Hall–Kier alpha value is -0.930. The molecule has 2 aliphatic rings. The van der Waals surface area contributed by atoms with Crippen molar-refractivity contribution in [3.8, 4) is 0 Å². The number of halogens is 2. The molecule has 1 unspecified atom stereocenters. The van der Waals surface area contributed by atoms with Crippen molar-refractivity contribution in [3.05, 3.63) is 17.5 Å². The molecule has 0 aromatic carbocycles. The Morgan fingerprint density at radius 3 is 2.87 bits per heavy atom. The fourth-order valence-electron chi connectivity index (χ4n) is 2.81. The molecular weight excluding hydrogens is 198 g/mol. The highest BCUT2D eigenvalue weighted by molar-refractivity contribution is 5.29. The third-order valence-corrected chi connectivity index (χ3v) is 3.92. The number of hydrogen-bond donors (Lipinski definition) is 0. The molecular formula is C11H14F2N2. The van der Waals surface area contributed by atoms with E-state index in [1.807, 2.05) is 11.6 Å². The van der Waals surface area contributed by atoms with Crippen LogP contribution in [-0.4, -0.2) is 15.7 Å². The number of hydrogen-bond acceptors (Lipinski definition) is 1. The normalized spacial score (nSPS) is 31.7. The van der Waals surface area contributed by atoms with Gasteiger partial charge in [0.15, 0.2) is 0 Å². The predicted octanol–water partition coefficient (Wildman–Crippen LogP) is 2.42. The van der Waals surface area contributed by atoms with E-state index < -0.39 is 11.3 Å². The van der Waals surface area contributed by atoms with Crippen LogP contribution in [0.25, 0.3) is 0 Å². The molecule has 0 amide bonds. The molecule has 1 spiro atoms. The minimum atomic E-state index is -2.42. The molecule has 0 radical (unpaired) electrons. The number of aromatic nitrogens is 2. The van der Waals surface area contributed by atoms with E-state index in [1.165, 1.54) is 5.69 Å². The number of aryl methyl sites for hydroxylation is 1. The standard InChI is InChI=1S/C11H14F2N2/c1-2-15-9-3-4-10(7-11(10,12)13)5-8(9)6-14-15/h6H,2-5,7H2,1H3. The maximum atomic E-state index is 13.2. The second-order valence-corrected chi connectivity index (χ2v) is 4.77. The van der Waals surface area contributed by atoms with Gasteiger partial charge in [-0.15, -0.1) is 0 Å². The Kier molecular flexibility index (Phi) is 1.61. The van der Waals surface area contributed by atoms with Crippen LogP contribution in [0, 0.1) is 5.41 Å². The summed E-state index contributed by atoms with van der Waals surface area (Å²) in [7, 11) is 0. The lowest BCUT2D eigenvalue weighted by Gasteiger charge is -2.22. The van der Waals surface area contributed by atoms with Crippen molar-refractivity contribution in [1.82, 2.24) is 9.78 Å². The third kappa shape index (κ3) is 1.11. The molecule has 3 rings (SSSR count). The van der Waals surface area contributed by atoms with E-state index in [1.54, 1.807) is 6.20 Å². The van der Waals surface area contributed by atoms with Crippen molar-refractivity contribution in [3.63, 3.8) is 0 Å².